The van der Waals surface area contributed by atoms with Crippen LogP contribution in [0.15, 0.2) is 0 Å². The Kier molecular flexibility index (Phi) is 7.10. The van der Waals surface area contributed by atoms with Gasteiger partial charge in [0.25, 0.3) is 0 Å². The molecule has 0 aliphatic carbocycles. The van der Waals surface area contributed by atoms with Gasteiger partial charge in [-0.3, -0.25) is 4.79 Å². The van der Waals surface area contributed by atoms with Gasteiger partial charge in [0.05, 0.1) is 0 Å². The number of carbonyl (C=O) groups is 1. The lowest BCUT2D eigenvalue weighted by Gasteiger charge is -2.10. The van der Waals surface area contributed by atoms with Crippen LogP contribution < -0.4 is 0 Å². The van der Waals surface area contributed by atoms with Crippen molar-refractivity contribution in [1.82, 2.24) is 0 Å². The van der Waals surface area contributed by atoms with E-state index in [9.17, 15) is 4.79 Å². The monoisotopic (exact) mass is 182 g/mol. The van der Waals surface area contributed by atoms with Gasteiger partial charge in [0.15, 0.2) is 6.10 Å². The second kappa shape index (κ2) is 7.67. The van der Waals surface area contributed by atoms with Crippen molar-refractivity contribution in [2.75, 3.05) is 0 Å². The van der Waals surface area contributed by atoms with Crippen LogP contribution in [0.25, 0.3) is 0 Å². The molecule has 0 spiro atoms. The molecular weight excluding hydrogens is 164 g/mol. The Morgan fingerprint density at radius 1 is 1.46 bits per heavy atom. The second-order valence-corrected chi connectivity index (χ2v) is 2.99. The summed E-state index contributed by atoms with van der Waals surface area (Å²) in [6.07, 6.45) is 9.42. The van der Waals surface area contributed by atoms with E-state index in [1.54, 1.807) is 6.92 Å². The highest BCUT2D eigenvalue weighted by Crippen LogP contribution is 2.06. The predicted octanol–water partition coefficient (Wildman–Crippen LogP) is 2.52. The molecule has 0 saturated carbocycles. The van der Waals surface area contributed by atoms with Crippen molar-refractivity contribution in [3.8, 4) is 12.3 Å². The Morgan fingerprint density at radius 2 is 2.15 bits per heavy atom. The van der Waals surface area contributed by atoms with E-state index in [0.29, 0.717) is 6.42 Å². The summed E-state index contributed by atoms with van der Waals surface area (Å²) in [5, 5.41) is 0. The first kappa shape index (κ1) is 12.0. The van der Waals surface area contributed by atoms with Crippen LogP contribution in [0.3, 0.4) is 0 Å². The lowest BCUT2D eigenvalue weighted by Crippen LogP contribution is -2.15. The Hall–Kier alpha value is -0.970. The third kappa shape index (κ3) is 6.21. The van der Waals surface area contributed by atoms with Crippen molar-refractivity contribution in [3.05, 3.63) is 0 Å². The molecular formula is C11H18O2. The molecule has 0 saturated heterocycles. The lowest BCUT2D eigenvalue weighted by molar-refractivity contribution is -0.146. The summed E-state index contributed by atoms with van der Waals surface area (Å²) in [6, 6.07) is 0. The van der Waals surface area contributed by atoms with Crippen LogP contribution in [0.1, 0.15) is 46.0 Å². The molecule has 0 aliphatic heterocycles. The molecule has 0 aromatic carbocycles. The van der Waals surface area contributed by atoms with Crippen LogP contribution in [0.4, 0.5) is 0 Å². The van der Waals surface area contributed by atoms with E-state index in [4.69, 9.17) is 11.2 Å². The molecule has 13 heavy (non-hydrogen) atoms. The number of carbonyl (C=O) groups excluding carboxylic acids is 1. The summed E-state index contributed by atoms with van der Waals surface area (Å²) in [5.74, 6) is 2.27. The highest BCUT2D eigenvalue weighted by Gasteiger charge is 2.08. The zero-order valence-electron chi connectivity index (χ0n) is 8.51. The average molecular weight is 182 g/mol. The first-order valence-electron chi connectivity index (χ1n) is 4.90. The van der Waals surface area contributed by atoms with E-state index >= 15 is 0 Å². The number of hydrogen-bond acceptors (Lipinski definition) is 2. The molecule has 0 bridgehead atoms. The van der Waals surface area contributed by atoms with E-state index in [-0.39, 0.29) is 12.1 Å². The van der Waals surface area contributed by atoms with Crippen molar-refractivity contribution in [1.29, 1.82) is 0 Å². The highest BCUT2D eigenvalue weighted by atomic mass is 16.5. The number of esters is 1. The molecule has 0 aliphatic rings. The minimum Gasteiger partial charge on any atom is -0.449 e. The molecule has 2 heteroatoms. The van der Waals surface area contributed by atoms with Gasteiger partial charge >= 0.3 is 5.97 Å². The fourth-order valence-corrected chi connectivity index (χ4v) is 0.998. The van der Waals surface area contributed by atoms with Gasteiger partial charge in [-0.15, -0.1) is 6.42 Å². The van der Waals surface area contributed by atoms with Crippen molar-refractivity contribution in [2.45, 2.75) is 52.1 Å². The molecule has 0 radical (unpaired) electrons. The van der Waals surface area contributed by atoms with Crippen molar-refractivity contribution in [2.24, 2.45) is 0 Å². The maximum absolute atomic E-state index is 10.9. The number of ether oxygens (including phenoxy) is 1. The first-order valence-corrected chi connectivity index (χ1v) is 4.90. The van der Waals surface area contributed by atoms with E-state index < -0.39 is 0 Å². The Balaban J connectivity index is 3.65. The van der Waals surface area contributed by atoms with Gasteiger partial charge in [0.2, 0.25) is 0 Å². The maximum Gasteiger partial charge on any atom is 0.306 e. The van der Waals surface area contributed by atoms with Crippen LogP contribution in [-0.2, 0) is 9.53 Å². The van der Waals surface area contributed by atoms with Crippen molar-refractivity contribution >= 4 is 5.97 Å². The number of unbranched alkanes of at least 4 members (excludes halogenated alkanes) is 2. The average Bonchev–Trinajstić information content (AvgIpc) is 2.16. The standard InChI is InChI=1S/C11H18O2/c1-4-7-8-9-10(5-2)13-11(12)6-3/h2,10H,4,6-9H2,1,3H3/t10-/m0/s1. The first-order chi connectivity index (χ1) is 6.24. The van der Waals surface area contributed by atoms with Crippen LogP contribution in [-0.4, -0.2) is 12.1 Å². The Bertz CT molecular complexity index is 179. The van der Waals surface area contributed by atoms with Gasteiger partial charge in [-0.1, -0.05) is 32.6 Å². The smallest absolute Gasteiger partial charge is 0.306 e. The summed E-state index contributed by atoms with van der Waals surface area (Å²) in [5.41, 5.74) is 0. The van der Waals surface area contributed by atoms with Crippen molar-refractivity contribution in [3.63, 3.8) is 0 Å². The fourth-order valence-electron chi connectivity index (χ4n) is 0.998. The summed E-state index contributed by atoms with van der Waals surface area (Å²) in [4.78, 5) is 10.9. The zero-order valence-corrected chi connectivity index (χ0v) is 8.51. The minimum atomic E-state index is -0.320. The SMILES string of the molecule is C#C[C@@H](CCCCC)OC(=O)CC. The topological polar surface area (TPSA) is 26.3 Å². The summed E-state index contributed by atoms with van der Waals surface area (Å²) < 4.78 is 5.02. The van der Waals surface area contributed by atoms with Crippen LogP contribution >= 0.6 is 0 Å². The summed E-state index contributed by atoms with van der Waals surface area (Å²) in [7, 11) is 0. The molecule has 74 valence electrons. The van der Waals surface area contributed by atoms with Gasteiger partial charge in [0, 0.05) is 6.42 Å². The lowest BCUT2D eigenvalue weighted by atomic mass is 10.1. The van der Waals surface area contributed by atoms with E-state index in [0.717, 1.165) is 25.7 Å². The molecule has 0 aromatic rings. The highest BCUT2D eigenvalue weighted by molar-refractivity contribution is 5.69. The van der Waals surface area contributed by atoms with Crippen LogP contribution in [0, 0.1) is 12.3 Å². The minimum absolute atomic E-state index is 0.209. The maximum atomic E-state index is 10.9. The molecule has 0 aromatic heterocycles. The molecule has 2 nitrogen and oxygen atoms in total. The predicted molar refractivity (Wildman–Crippen MR) is 53.1 cm³/mol. The van der Waals surface area contributed by atoms with Crippen molar-refractivity contribution < 1.29 is 9.53 Å². The molecule has 0 heterocycles. The third-order valence-electron chi connectivity index (χ3n) is 1.82. The van der Waals surface area contributed by atoms with E-state index in [2.05, 4.69) is 12.8 Å². The molecule has 0 rings (SSSR count). The van der Waals surface area contributed by atoms with Gasteiger partial charge < -0.3 is 4.74 Å². The zero-order chi connectivity index (χ0) is 10.1. The fraction of sp³-hybridized carbons (Fsp3) is 0.727. The van der Waals surface area contributed by atoms with Crippen LogP contribution in [0.5, 0.6) is 0 Å². The third-order valence-corrected chi connectivity index (χ3v) is 1.82. The normalized spacial score (nSPS) is 11.8. The number of rotatable bonds is 6. The second-order valence-electron chi connectivity index (χ2n) is 2.99. The van der Waals surface area contributed by atoms with E-state index in [1.807, 2.05) is 0 Å². The largest absolute Gasteiger partial charge is 0.449 e. The Labute approximate surface area is 80.7 Å². The number of terminal acetylenes is 1. The Morgan fingerprint density at radius 3 is 2.62 bits per heavy atom. The molecule has 1 atom stereocenters. The number of hydrogen-bond donors (Lipinski definition) is 0. The molecule has 0 amide bonds. The quantitative estimate of drug-likeness (QED) is 0.358. The van der Waals surface area contributed by atoms with Gasteiger partial charge in [-0.25, -0.2) is 0 Å². The van der Waals surface area contributed by atoms with Gasteiger partial charge in [-0.2, -0.15) is 0 Å². The molecule has 0 unspecified atom stereocenters. The summed E-state index contributed by atoms with van der Waals surface area (Å²) in [6.45, 7) is 3.89. The van der Waals surface area contributed by atoms with E-state index in [1.165, 1.54) is 0 Å². The van der Waals surface area contributed by atoms with Gasteiger partial charge in [-0.05, 0) is 12.8 Å². The summed E-state index contributed by atoms with van der Waals surface area (Å²) >= 11 is 0. The molecule has 0 N–H and O–H groups in total. The van der Waals surface area contributed by atoms with Gasteiger partial charge in [0.1, 0.15) is 0 Å². The molecule has 0 fully saturated rings. The van der Waals surface area contributed by atoms with Crippen LogP contribution in [0.2, 0.25) is 0 Å².